The van der Waals surface area contributed by atoms with E-state index in [-0.39, 0.29) is 11.7 Å². The molecule has 0 aromatic heterocycles. The summed E-state index contributed by atoms with van der Waals surface area (Å²) in [5, 5.41) is 3.09. The summed E-state index contributed by atoms with van der Waals surface area (Å²) in [4.78, 5) is 21.5. The monoisotopic (exact) mass is 175 g/mol. The molecule has 1 heterocycles. The van der Waals surface area contributed by atoms with Gasteiger partial charge in [0.1, 0.15) is 0 Å². The molecule has 0 bridgehead atoms. The van der Waals surface area contributed by atoms with Gasteiger partial charge in [-0.3, -0.25) is 9.59 Å². The van der Waals surface area contributed by atoms with Crippen LogP contribution in [0, 0.1) is 0 Å². The van der Waals surface area contributed by atoms with E-state index < -0.39 is 0 Å². The summed E-state index contributed by atoms with van der Waals surface area (Å²) in [6.45, 7) is 0.539. The van der Waals surface area contributed by atoms with E-state index >= 15 is 0 Å². The molecular weight excluding hydrogens is 166 g/mol. The van der Waals surface area contributed by atoms with Gasteiger partial charge in [-0.15, -0.1) is 0 Å². The maximum absolute atomic E-state index is 11.2. The lowest BCUT2D eigenvalue weighted by Gasteiger charge is -2.02. The third-order valence-electron chi connectivity index (χ3n) is 2.29. The van der Waals surface area contributed by atoms with Crippen LogP contribution in [0.15, 0.2) is 24.3 Å². The number of aldehydes is 1. The molecule has 0 fully saturated rings. The molecule has 1 aliphatic rings. The lowest BCUT2D eigenvalue weighted by molar-refractivity contribution is -0.130. The first kappa shape index (κ1) is 7.98. The van der Waals surface area contributed by atoms with Crippen molar-refractivity contribution in [3.05, 3.63) is 29.8 Å². The first-order valence-corrected chi connectivity index (χ1v) is 4.15. The number of hydrogen-bond donors (Lipinski definition) is 1. The number of carbonyl (C=O) groups excluding carboxylic acids is 2. The van der Waals surface area contributed by atoms with Gasteiger partial charge in [0.25, 0.3) is 0 Å². The van der Waals surface area contributed by atoms with Crippen molar-refractivity contribution in [2.45, 2.75) is 5.92 Å². The molecule has 13 heavy (non-hydrogen) atoms. The molecule has 0 amide bonds. The smallest absolute Gasteiger partial charge is 0.204 e. The van der Waals surface area contributed by atoms with E-state index in [2.05, 4.69) is 5.32 Å². The zero-order chi connectivity index (χ0) is 9.26. The Bertz CT molecular complexity index is 360. The van der Waals surface area contributed by atoms with Gasteiger partial charge in [-0.25, -0.2) is 0 Å². The van der Waals surface area contributed by atoms with Gasteiger partial charge in [-0.2, -0.15) is 0 Å². The lowest BCUT2D eigenvalue weighted by atomic mass is 9.98. The highest BCUT2D eigenvalue weighted by molar-refractivity contribution is 6.28. The summed E-state index contributed by atoms with van der Waals surface area (Å²) in [7, 11) is 0. The highest BCUT2D eigenvalue weighted by Crippen LogP contribution is 2.30. The molecule has 0 radical (unpaired) electrons. The second-order valence-corrected chi connectivity index (χ2v) is 3.04. The molecule has 1 aromatic carbocycles. The van der Waals surface area contributed by atoms with Crippen molar-refractivity contribution >= 4 is 17.8 Å². The highest BCUT2D eigenvalue weighted by Gasteiger charge is 2.27. The Morgan fingerprint density at radius 1 is 1.46 bits per heavy atom. The number of carbonyl (C=O) groups is 2. The largest absolute Gasteiger partial charge is 0.384 e. The Morgan fingerprint density at radius 2 is 2.23 bits per heavy atom. The number of benzene rings is 1. The molecular formula is C10H9NO2. The second-order valence-electron chi connectivity index (χ2n) is 3.04. The first-order chi connectivity index (χ1) is 6.33. The van der Waals surface area contributed by atoms with E-state index in [0.29, 0.717) is 12.8 Å². The predicted octanol–water partition coefficient (Wildman–Crippen LogP) is 0.964. The van der Waals surface area contributed by atoms with Gasteiger partial charge in [0, 0.05) is 12.2 Å². The van der Waals surface area contributed by atoms with Crippen LogP contribution in [0.1, 0.15) is 11.5 Å². The fraction of sp³-hybridized carbons (Fsp3) is 0.200. The molecule has 2 rings (SSSR count). The van der Waals surface area contributed by atoms with E-state index in [1.54, 1.807) is 0 Å². The van der Waals surface area contributed by atoms with Crippen LogP contribution in [0.4, 0.5) is 5.69 Å². The van der Waals surface area contributed by atoms with Crippen LogP contribution in [-0.4, -0.2) is 18.6 Å². The molecule has 1 unspecified atom stereocenters. The van der Waals surface area contributed by atoms with Gasteiger partial charge in [-0.05, 0) is 11.6 Å². The number of Topliss-reactive ketones (excluding diaryl/α,β-unsaturated/α-hetero) is 1. The molecule has 3 heteroatoms. The fourth-order valence-electron chi connectivity index (χ4n) is 1.62. The van der Waals surface area contributed by atoms with Gasteiger partial charge in [-0.1, -0.05) is 18.2 Å². The summed E-state index contributed by atoms with van der Waals surface area (Å²) >= 11 is 0. The SMILES string of the molecule is O=CC(=O)C1CNc2ccccc21. The van der Waals surface area contributed by atoms with Crippen molar-refractivity contribution in [1.29, 1.82) is 0 Å². The minimum Gasteiger partial charge on any atom is -0.384 e. The van der Waals surface area contributed by atoms with Crippen molar-refractivity contribution in [1.82, 2.24) is 0 Å². The summed E-state index contributed by atoms with van der Waals surface area (Å²) < 4.78 is 0. The molecule has 0 aliphatic carbocycles. The molecule has 0 saturated heterocycles. The van der Waals surface area contributed by atoms with Crippen molar-refractivity contribution in [3.63, 3.8) is 0 Å². The maximum atomic E-state index is 11.2. The van der Waals surface area contributed by atoms with Crippen molar-refractivity contribution < 1.29 is 9.59 Å². The average molecular weight is 175 g/mol. The Kier molecular flexibility index (Phi) is 1.85. The Labute approximate surface area is 75.8 Å². The number of nitrogens with one attached hydrogen (secondary N) is 1. The van der Waals surface area contributed by atoms with Gasteiger partial charge < -0.3 is 5.32 Å². The topological polar surface area (TPSA) is 46.2 Å². The molecule has 0 spiro atoms. The van der Waals surface area contributed by atoms with Crippen molar-refractivity contribution in [3.8, 4) is 0 Å². The predicted molar refractivity (Wildman–Crippen MR) is 48.7 cm³/mol. The summed E-state index contributed by atoms with van der Waals surface area (Å²) in [5.74, 6) is -0.633. The summed E-state index contributed by atoms with van der Waals surface area (Å²) in [6.07, 6.45) is 0.397. The summed E-state index contributed by atoms with van der Waals surface area (Å²) in [6, 6.07) is 7.56. The minimum absolute atomic E-state index is 0.284. The van der Waals surface area contributed by atoms with Gasteiger partial charge in [0.05, 0.1) is 5.92 Å². The summed E-state index contributed by atoms with van der Waals surface area (Å²) in [5.41, 5.74) is 1.89. The maximum Gasteiger partial charge on any atom is 0.204 e. The number of anilines is 1. The molecule has 1 N–H and O–H groups in total. The van der Waals surface area contributed by atoms with Gasteiger partial charge in [0.2, 0.25) is 5.78 Å². The van der Waals surface area contributed by atoms with Crippen molar-refractivity contribution in [2.75, 3.05) is 11.9 Å². The second kappa shape index (κ2) is 3.01. The standard InChI is InChI=1S/C10H9NO2/c12-6-10(13)8-5-11-9-4-2-1-3-7(8)9/h1-4,6,8,11H,5H2. The molecule has 3 nitrogen and oxygen atoms in total. The van der Waals surface area contributed by atoms with E-state index in [0.717, 1.165) is 11.3 Å². The van der Waals surface area contributed by atoms with E-state index in [9.17, 15) is 9.59 Å². The third-order valence-corrected chi connectivity index (χ3v) is 2.29. The van der Waals surface area contributed by atoms with Gasteiger partial charge >= 0.3 is 0 Å². The first-order valence-electron chi connectivity index (χ1n) is 4.15. The van der Waals surface area contributed by atoms with E-state index in [1.807, 2.05) is 24.3 Å². The van der Waals surface area contributed by atoms with Crippen LogP contribution in [0.25, 0.3) is 0 Å². The van der Waals surface area contributed by atoms with E-state index in [1.165, 1.54) is 0 Å². The zero-order valence-electron chi connectivity index (χ0n) is 6.99. The average Bonchev–Trinajstić information content (AvgIpc) is 2.60. The number of rotatable bonds is 2. The molecule has 0 saturated carbocycles. The van der Waals surface area contributed by atoms with Crippen molar-refractivity contribution in [2.24, 2.45) is 0 Å². The van der Waals surface area contributed by atoms with E-state index in [4.69, 9.17) is 0 Å². The molecule has 1 atom stereocenters. The number of ketones is 1. The number of para-hydroxylation sites is 1. The zero-order valence-corrected chi connectivity index (χ0v) is 6.99. The third kappa shape index (κ3) is 1.22. The Hall–Kier alpha value is -1.64. The molecule has 66 valence electrons. The van der Waals surface area contributed by atoms with Gasteiger partial charge in [0.15, 0.2) is 6.29 Å². The van der Waals surface area contributed by atoms with Crippen LogP contribution in [0.2, 0.25) is 0 Å². The number of fused-ring (bicyclic) bond motifs is 1. The quantitative estimate of drug-likeness (QED) is 0.538. The molecule has 1 aliphatic heterocycles. The Morgan fingerprint density at radius 3 is 3.00 bits per heavy atom. The van der Waals surface area contributed by atoms with Crippen LogP contribution in [-0.2, 0) is 9.59 Å². The number of hydrogen-bond acceptors (Lipinski definition) is 3. The molecule has 1 aromatic rings. The van der Waals surface area contributed by atoms with Crippen LogP contribution < -0.4 is 5.32 Å². The van der Waals surface area contributed by atoms with Crippen LogP contribution in [0.3, 0.4) is 0 Å². The highest BCUT2D eigenvalue weighted by atomic mass is 16.2. The normalized spacial score (nSPS) is 18.9. The van der Waals surface area contributed by atoms with Crippen LogP contribution >= 0.6 is 0 Å². The van der Waals surface area contributed by atoms with Crippen LogP contribution in [0.5, 0.6) is 0 Å². The fourth-order valence-corrected chi connectivity index (χ4v) is 1.62. The minimum atomic E-state index is -0.350. The Balaban J connectivity index is 2.38. The lowest BCUT2D eigenvalue weighted by Crippen LogP contribution is -2.15.